The maximum atomic E-state index is 13.7. The number of amides is 1. The number of aliphatic hydroxyl groups is 6. The van der Waals surface area contributed by atoms with E-state index in [1.165, 1.54) is 43.5 Å². The molecule has 111 heavy (non-hydrogen) atoms. The van der Waals surface area contributed by atoms with Gasteiger partial charge in [0.25, 0.3) is 0 Å². The lowest BCUT2D eigenvalue weighted by atomic mass is 9.87. The van der Waals surface area contributed by atoms with E-state index < -0.39 is 51.7 Å². The predicted molar refractivity (Wildman–Crippen MR) is 415 cm³/mol. The number of alkyl carbamates (subject to hydrolysis) is 1. The number of carbonyl (C=O) groups excluding carboxylic acids is 4. The number of aliphatic hydroxyl groups excluding tert-OH is 4. The molecule has 0 spiro atoms. The quantitative estimate of drug-likeness (QED) is 0.0155. The van der Waals surface area contributed by atoms with Crippen LogP contribution in [0, 0.1) is 11.6 Å². The van der Waals surface area contributed by atoms with Crippen LogP contribution in [0.25, 0.3) is 22.5 Å². The number of Topliss-reactive ketones (excluding diaryl/α,β-unsaturated/α-hetero) is 2. The van der Waals surface area contributed by atoms with Crippen molar-refractivity contribution < 1.29 is 96.9 Å². The minimum absolute atomic E-state index is 0. The number of nitrogens with two attached hydrogens (primary N) is 1. The Bertz CT molecular complexity index is 4560. The molecule has 6 aromatic carbocycles. The topological polar surface area (TPSA) is 346 Å². The summed E-state index contributed by atoms with van der Waals surface area (Å²) in [4.78, 5) is 70.1. The number of esters is 1. The smallest absolute Gasteiger partial charge is 0.408 e. The lowest BCUT2D eigenvalue weighted by Gasteiger charge is -2.31. The third-order valence-electron chi connectivity index (χ3n) is 18.5. The number of hydrogen-bond donors (Lipinski definition) is 9. The maximum Gasteiger partial charge on any atom is 0.408 e. The van der Waals surface area contributed by atoms with Gasteiger partial charge >= 0.3 is 18.0 Å². The van der Waals surface area contributed by atoms with E-state index >= 15 is 0 Å². The highest BCUT2D eigenvalue weighted by Gasteiger charge is 2.35. The monoisotopic (exact) mass is 1550 g/mol. The molecule has 8 aromatic rings. The molecular formula is C86H101ClF2N4O18. The molecule has 25 heteroatoms. The average molecular weight is 1550 g/mol. The zero-order valence-corrected chi connectivity index (χ0v) is 65.1. The Kier molecular flexibility index (Phi) is 29.3. The minimum Gasteiger partial charge on any atom is -0.490 e. The van der Waals surface area contributed by atoms with Crippen LogP contribution < -0.4 is 30.0 Å². The van der Waals surface area contributed by atoms with Crippen molar-refractivity contribution in [1.29, 1.82) is 0 Å². The van der Waals surface area contributed by atoms with Gasteiger partial charge in [0.05, 0.1) is 97.4 Å². The fourth-order valence-electron chi connectivity index (χ4n) is 11.2. The molecule has 0 saturated heterocycles. The van der Waals surface area contributed by atoms with E-state index in [1.54, 1.807) is 152 Å². The van der Waals surface area contributed by atoms with E-state index in [2.05, 4.69) is 15.0 Å². The Morgan fingerprint density at radius 2 is 0.793 bits per heavy atom. The first-order valence-corrected chi connectivity index (χ1v) is 36.8. The maximum absolute atomic E-state index is 13.7. The highest BCUT2D eigenvalue weighted by Crippen LogP contribution is 2.38. The third kappa shape index (κ3) is 25.6. The van der Waals surface area contributed by atoms with Gasteiger partial charge in [0.2, 0.25) is 0 Å². The van der Waals surface area contributed by atoms with Crippen LogP contribution in [0.1, 0.15) is 226 Å². The first kappa shape index (κ1) is 86.8. The molecule has 594 valence electrons. The van der Waals surface area contributed by atoms with Crippen LogP contribution in [-0.4, -0.2) is 112 Å². The Morgan fingerprint density at radius 3 is 1.12 bits per heavy atom. The molecule has 10 N–H and O–H groups in total. The normalized spacial score (nSPS) is 14.9. The third-order valence-corrected chi connectivity index (χ3v) is 18.5. The molecule has 0 radical (unpaired) electrons. The van der Waals surface area contributed by atoms with Gasteiger partial charge in [0.15, 0.2) is 11.6 Å². The highest BCUT2D eigenvalue weighted by molar-refractivity contribution is 5.97. The molecule has 2 heterocycles. The number of aromatic carboxylic acids is 1. The van der Waals surface area contributed by atoms with E-state index in [9.17, 15) is 58.3 Å². The number of pyridine rings is 2. The van der Waals surface area contributed by atoms with Gasteiger partial charge in [-0.25, -0.2) is 33.1 Å². The second-order valence-electron chi connectivity index (χ2n) is 30.6. The van der Waals surface area contributed by atoms with Gasteiger partial charge in [-0.1, -0.05) is 0 Å². The molecule has 1 amide bonds. The van der Waals surface area contributed by atoms with Crippen LogP contribution in [0.15, 0.2) is 146 Å². The average Bonchev–Trinajstić information content (AvgIpc) is 1.78. The number of benzene rings is 6. The summed E-state index contributed by atoms with van der Waals surface area (Å²) in [5.41, 5.74) is 9.22. The van der Waals surface area contributed by atoms with Gasteiger partial charge in [-0.05, 0) is 283 Å². The zero-order valence-electron chi connectivity index (χ0n) is 64.2. The highest BCUT2D eigenvalue weighted by atomic mass is 35.5. The van der Waals surface area contributed by atoms with Crippen molar-refractivity contribution in [2.45, 2.75) is 218 Å². The number of ketones is 2. The number of carboxylic acid groups (broad SMARTS) is 1. The summed E-state index contributed by atoms with van der Waals surface area (Å²) >= 11 is 0. The number of rotatable bonds is 29. The number of methoxy groups -OCH3 is 1. The molecule has 4 aliphatic carbocycles. The second-order valence-corrected chi connectivity index (χ2v) is 30.6. The first-order chi connectivity index (χ1) is 52.0. The second kappa shape index (κ2) is 37.5. The summed E-state index contributed by atoms with van der Waals surface area (Å²) in [6.45, 7) is 15.0. The number of carboxylic acids is 1. The molecule has 22 nitrogen and oxygen atoms in total. The molecule has 12 rings (SSSR count). The number of nitrogens with zero attached hydrogens (tertiary/aromatic N) is 2. The number of aromatic nitrogens is 2. The molecule has 4 aliphatic rings. The van der Waals surface area contributed by atoms with Gasteiger partial charge in [0.1, 0.15) is 51.4 Å². The van der Waals surface area contributed by atoms with Crippen molar-refractivity contribution in [3.05, 3.63) is 224 Å². The number of nitrogens with one attached hydrogen (secondary N) is 1. The van der Waals surface area contributed by atoms with Crippen LogP contribution in [0.4, 0.5) is 13.6 Å². The van der Waals surface area contributed by atoms with Gasteiger partial charge in [-0.15, -0.1) is 12.4 Å². The molecular weight excluding hydrogens is 1450 g/mol. The summed E-state index contributed by atoms with van der Waals surface area (Å²) in [6, 6.07) is 38.4. The van der Waals surface area contributed by atoms with Crippen LogP contribution in [0.2, 0.25) is 0 Å². The van der Waals surface area contributed by atoms with Crippen molar-refractivity contribution in [2.75, 3.05) is 7.11 Å². The summed E-state index contributed by atoms with van der Waals surface area (Å²) in [6.07, 6.45) is 8.67. The van der Waals surface area contributed by atoms with E-state index in [4.69, 9.17) is 44.6 Å². The molecule has 4 fully saturated rings. The SMILES string of the molecule is CC(C)(C)OC(=O)NC(C)(C)c1cc(-c2ccc(F)cc2)nc(C(C)(O)CCC(=O)c2ccc(OC3CC3)c(CO)c2)c1.CC(C)(N)c1cc(-c2ccc(F)cc2)nc(C(C)(O)CCC(=O)c2ccc(OC3CC3)c(CO)c2)c1.COC(=O)c1ccc(OC2CC2)c(CO)c1.Cl.O=C(O)c1ccc(OC2CC2)c(CO)c1. The van der Waals surface area contributed by atoms with Gasteiger partial charge in [0, 0.05) is 62.9 Å². The first-order valence-electron chi connectivity index (χ1n) is 36.8. The fraction of sp³-hybridized carbons (Fsp3) is 0.407. The van der Waals surface area contributed by atoms with Gasteiger partial charge < -0.3 is 75.2 Å². The Balaban J connectivity index is 0.000000202. The van der Waals surface area contributed by atoms with E-state index in [0.717, 1.165) is 56.9 Å². The van der Waals surface area contributed by atoms with Gasteiger partial charge in [-0.2, -0.15) is 0 Å². The van der Waals surface area contributed by atoms with E-state index in [0.29, 0.717) is 101 Å². The van der Waals surface area contributed by atoms with Crippen molar-refractivity contribution in [1.82, 2.24) is 15.3 Å². The van der Waals surface area contributed by atoms with E-state index in [-0.39, 0.29) is 112 Å². The Labute approximate surface area is 651 Å². The Hall–Kier alpha value is -9.76. The molecule has 0 aliphatic heterocycles. The predicted octanol–water partition coefficient (Wildman–Crippen LogP) is 14.9. The Morgan fingerprint density at radius 1 is 0.468 bits per heavy atom. The number of carbonyl (C=O) groups is 5. The zero-order chi connectivity index (χ0) is 80.0. The van der Waals surface area contributed by atoms with Crippen molar-refractivity contribution in [3.8, 4) is 45.5 Å². The standard InChI is InChI=1S/C34H41FN2O6.C29H33FN2O4.C12H14O4.C11H12O4.ClH/c1-32(2,3)43-31(40)37-33(4,5)24-18-27(21-7-10-25(35)11-8-21)36-30(19-24)34(6,41)16-15-28(39)22-9-14-29(23(17-22)20-38)42-26-12-13-26;1-28(2,31)21-15-24(18-4-7-22(30)8-5-18)32-27(16-21)29(3,35)13-12-25(34)19-6-11-26(20(14-19)17-33)36-23-9-10-23;1-15-12(14)8-2-5-11(9(6-8)7-13)16-10-3-4-10;12-6-8-5-7(11(13)14)1-4-10(8)15-9-2-3-9;/h7-11,14,17-19,26,38,41H,12-13,15-16,20H2,1-6H3,(H,37,40);4-8,11,14-16,23,33,35H,9-10,12-13,17,31H2,1-3H3;2,5-6,10,13H,3-4,7H2,1H3;1,4-5,9,12H,2-3,6H2,(H,13,14);1H. The van der Waals surface area contributed by atoms with Crippen molar-refractivity contribution in [2.24, 2.45) is 5.73 Å². The van der Waals surface area contributed by atoms with E-state index in [1.807, 2.05) is 19.9 Å². The molecule has 4 saturated carbocycles. The summed E-state index contributed by atoms with van der Waals surface area (Å²) < 4.78 is 60.0. The van der Waals surface area contributed by atoms with Crippen LogP contribution in [-0.2, 0) is 58.2 Å². The molecule has 2 atom stereocenters. The summed E-state index contributed by atoms with van der Waals surface area (Å²) in [5.74, 6) is -0.0945. The minimum atomic E-state index is -1.53. The molecule has 2 aromatic heterocycles. The largest absolute Gasteiger partial charge is 0.490 e. The number of ether oxygens (including phenoxy) is 6. The van der Waals surface area contributed by atoms with Crippen molar-refractivity contribution >= 4 is 42.0 Å². The fourth-order valence-corrected chi connectivity index (χ4v) is 11.2. The van der Waals surface area contributed by atoms with Crippen LogP contribution in [0.5, 0.6) is 23.0 Å². The number of hydrogen-bond acceptors (Lipinski definition) is 20. The van der Waals surface area contributed by atoms with Crippen molar-refractivity contribution in [3.63, 3.8) is 0 Å². The summed E-state index contributed by atoms with van der Waals surface area (Å²) in [7, 11) is 1.33. The van der Waals surface area contributed by atoms with Crippen LogP contribution in [0.3, 0.4) is 0 Å². The van der Waals surface area contributed by atoms with Gasteiger partial charge in [-0.3, -0.25) is 9.59 Å². The number of halogens is 3. The van der Waals surface area contributed by atoms with Crippen LogP contribution >= 0.6 is 12.4 Å². The summed E-state index contributed by atoms with van der Waals surface area (Å²) in [5, 5.41) is 72.5. The molecule has 2 unspecified atom stereocenters. The molecule has 0 bridgehead atoms. The lowest BCUT2D eigenvalue weighted by Crippen LogP contribution is -2.44. The lowest BCUT2D eigenvalue weighted by molar-refractivity contribution is 0.0393.